The first-order valence-corrected chi connectivity index (χ1v) is 5.74. The van der Waals surface area contributed by atoms with Crippen molar-refractivity contribution >= 4 is 22.2 Å². The van der Waals surface area contributed by atoms with Crippen molar-refractivity contribution in [2.24, 2.45) is 0 Å². The molecule has 0 unspecified atom stereocenters. The van der Waals surface area contributed by atoms with Crippen molar-refractivity contribution in [3.05, 3.63) is 29.8 Å². The Balaban J connectivity index is 0. The van der Waals surface area contributed by atoms with Crippen LogP contribution in [-0.4, -0.2) is 35.8 Å². The molecule has 0 spiro atoms. The summed E-state index contributed by atoms with van der Waals surface area (Å²) in [5.41, 5.74) is 1.75. The van der Waals surface area contributed by atoms with Crippen LogP contribution < -0.4 is 4.90 Å². The number of hydrogen-bond acceptors (Lipinski definition) is 3. The molecule has 0 saturated carbocycles. The Labute approximate surface area is 115 Å². The second kappa shape index (κ2) is 8.06. The molecule has 0 heterocycles. The normalized spacial score (nSPS) is 9.56. The summed E-state index contributed by atoms with van der Waals surface area (Å²) in [4.78, 5) is 11.7. The third kappa shape index (κ3) is 10.1. The third-order valence-corrected chi connectivity index (χ3v) is 1.68. The van der Waals surface area contributed by atoms with Crippen LogP contribution in [0.3, 0.4) is 0 Å². The molecule has 3 N–H and O–H groups in total. The second-order valence-electron chi connectivity index (χ2n) is 3.13. The second-order valence-corrected chi connectivity index (χ2v) is 4.02. The van der Waals surface area contributed by atoms with Gasteiger partial charge in [0.2, 0.25) is 0 Å². The Hall–Kier alpha value is -1.12. The Morgan fingerprint density at radius 2 is 1.72 bits per heavy atom. The summed E-state index contributed by atoms with van der Waals surface area (Å²) in [6.45, 7) is 1.93. The van der Waals surface area contributed by atoms with E-state index in [9.17, 15) is 4.79 Å². The quantitative estimate of drug-likeness (QED) is 0.531. The Bertz CT molecular complexity index is 482. The molecule has 0 aliphatic heterocycles. The summed E-state index contributed by atoms with van der Waals surface area (Å²) in [6, 6.07) is 7.36. The predicted octanol–water partition coefficient (Wildman–Crippen LogP) is 1.45. The van der Waals surface area contributed by atoms with Gasteiger partial charge in [0.05, 0.1) is 0 Å². The minimum Gasteiger partial charge on any atom is -0.465 e. The molecule has 0 aliphatic carbocycles. The fourth-order valence-electron chi connectivity index (χ4n) is 0.947. The predicted molar refractivity (Wildman–Crippen MR) is 61.8 cm³/mol. The first-order chi connectivity index (χ1) is 7.61. The minimum atomic E-state index is -4.67. The Morgan fingerprint density at radius 3 is 2.06 bits per heavy atom. The van der Waals surface area contributed by atoms with E-state index in [2.05, 4.69) is 0 Å². The molecule has 107 valence electrons. The van der Waals surface area contributed by atoms with Crippen molar-refractivity contribution in [2.75, 3.05) is 11.9 Å². The Morgan fingerprint density at radius 1 is 1.28 bits per heavy atom. The van der Waals surface area contributed by atoms with E-state index in [1.165, 1.54) is 11.9 Å². The Kier molecular flexibility index (Phi) is 8.61. The van der Waals surface area contributed by atoms with E-state index in [1.54, 1.807) is 6.07 Å². The number of nitrogens with zero attached hydrogens (tertiary/aromatic N) is 1. The zero-order chi connectivity index (χ0) is 13.6. The van der Waals surface area contributed by atoms with Gasteiger partial charge in [0.1, 0.15) is 0 Å². The summed E-state index contributed by atoms with van der Waals surface area (Å²) in [5, 5.41) is 8.65. The van der Waals surface area contributed by atoms with Crippen LogP contribution in [0.25, 0.3) is 0 Å². The van der Waals surface area contributed by atoms with Gasteiger partial charge in [-0.25, -0.2) is 4.79 Å². The van der Waals surface area contributed by atoms with Crippen LogP contribution in [0.1, 0.15) is 5.56 Å². The number of benzene rings is 1. The molecule has 7 nitrogen and oxygen atoms in total. The monoisotopic (exact) mass is 326 g/mol. The van der Waals surface area contributed by atoms with Crippen LogP contribution >= 0.6 is 0 Å². The molecule has 0 bridgehead atoms. The van der Waals surface area contributed by atoms with E-state index in [1.807, 2.05) is 25.1 Å². The van der Waals surface area contributed by atoms with Crippen LogP contribution in [0.2, 0.25) is 0 Å². The SMILES string of the molecule is Cc1cccc(N(C)C(=O)O)c1.O=S(=O)(O)O.[Cu]. The smallest absolute Gasteiger partial charge is 0.411 e. The topological polar surface area (TPSA) is 115 Å². The molecule has 0 saturated heterocycles. The molecular weight excluding hydrogens is 314 g/mol. The molecule has 1 radical (unpaired) electrons. The van der Waals surface area contributed by atoms with Crippen molar-refractivity contribution in [3.8, 4) is 0 Å². The summed E-state index contributed by atoms with van der Waals surface area (Å²) in [5.74, 6) is 0. The van der Waals surface area contributed by atoms with Gasteiger partial charge in [-0.2, -0.15) is 8.42 Å². The number of carboxylic acid groups (broad SMARTS) is 1. The fourth-order valence-corrected chi connectivity index (χ4v) is 0.947. The first kappa shape index (κ1) is 19.2. The number of aryl methyl sites for hydroxylation is 1. The van der Waals surface area contributed by atoms with Crippen LogP contribution in [0.4, 0.5) is 10.5 Å². The largest absolute Gasteiger partial charge is 0.465 e. The standard InChI is InChI=1S/C9H11NO2.Cu.H2O4S/c1-7-4-3-5-8(6-7)10(2)9(11)12;;1-5(2,3)4/h3-6H,1-2H3,(H,11,12);;(H2,1,2,3,4). The van der Waals surface area contributed by atoms with Gasteiger partial charge in [-0.3, -0.25) is 14.0 Å². The van der Waals surface area contributed by atoms with Crippen LogP contribution in [-0.2, 0) is 27.5 Å². The van der Waals surface area contributed by atoms with Gasteiger partial charge in [0.15, 0.2) is 0 Å². The maximum Gasteiger partial charge on any atom is 0.411 e. The van der Waals surface area contributed by atoms with Gasteiger partial charge in [0, 0.05) is 29.8 Å². The van der Waals surface area contributed by atoms with E-state index < -0.39 is 16.5 Å². The number of anilines is 1. The van der Waals surface area contributed by atoms with E-state index >= 15 is 0 Å². The van der Waals surface area contributed by atoms with E-state index in [0.717, 1.165) is 5.56 Å². The zero-order valence-electron chi connectivity index (χ0n) is 9.53. The molecule has 0 aromatic heterocycles. The summed E-state index contributed by atoms with van der Waals surface area (Å²) >= 11 is 0. The molecule has 1 aromatic rings. The average Bonchev–Trinajstić information content (AvgIpc) is 2.13. The van der Waals surface area contributed by atoms with Crippen molar-refractivity contribution in [1.29, 1.82) is 0 Å². The van der Waals surface area contributed by atoms with Crippen LogP contribution in [0.15, 0.2) is 24.3 Å². The van der Waals surface area contributed by atoms with E-state index in [0.29, 0.717) is 5.69 Å². The number of carbonyl (C=O) groups is 1. The molecule has 18 heavy (non-hydrogen) atoms. The third-order valence-electron chi connectivity index (χ3n) is 1.68. The molecule has 1 rings (SSSR count). The van der Waals surface area contributed by atoms with Gasteiger partial charge in [-0.1, -0.05) is 12.1 Å². The minimum absolute atomic E-state index is 0. The molecule has 0 fully saturated rings. The fraction of sp³-hybridized carbons (Fsp3) is 0.222. The van der Waals surface area contributed by atoms with Gasteiger partial charge < -0.3 is 5.11 Å². The van der Waals surface area contributed by atoms with Crippen LogP contribution in [0.5, 0.6) is 0 Å². The van der Waals surface area contributed by atoms with Gasteiger partial charge in [-0.05, 0) is 24.6 Å². The molecule has 9 heteroatoms. The number of rotatable bonds is 1. The van der Waals surface area contributed by atoms with Crippen LogP contribution in [0, 0.1) is 6.92 Å². The van der Waals surface area contributed by atoms with Gasteiger partial charge >= 0.3 is 16.5 Å². The first-order valence-electron chi connectivity index (χ1n) is 4.34. The molecule has 1 amide bonds. The van der Waals surface area contributed by atoms with Crippen molar-refractivity contribution in [3.63, 3.8) is 0 Å². The number of hydrogen-bond donors (Lipinski definition) is 3. The van der Waals surface area contributed by atoms with Gasteiger partial charge in [-0.15, -0.1) is 0 Å². The maximum absolute atomic E-state index is 10.5. The van der Waals surface area contributed by atoms with Crippen molar-refractivity contribution < 1.29 is 44.5 Å². The number of amides is 1. The average molecular weight is 327 g/mol. The molecular formula is C9H13CuNO6S. The molecule has 0 aliphatic rings. The zero-order valence-corrected chi connectivity index (χ0v) is 11.3. The molecule has 0 atom stereocenters. The summed E-state index contributed by atoms with van der Waals surface area (Å²) in [7, 11) is -3.14. The van der Waals surface area contributed by atoms with Crippen molar-refractivity contribution in [1.82, 2.24) is 0 Å². The maximum atomic E-state index is 10.5. The molecule has 1 aromatic carbocycles. The van der Waals surface area contributed by atoms with Crippen molar-refractivity contribution in [2.45, 2.75) is 6.92 Å². The van der Waals surface area contributed by atoms with E-state index in [4.69, 9.17) is 22.6 Å². The summed E-state index contributed by atoms with van der Waals surface area (Å²) < 4.78 is 31.6. The van der Waals surface area contributed by atoms with E-state index in [-0.39, 0.29) is 17.1 Å². The summed E-state index contributed by atoms with van der Waals surface area (Å²) in [6.07, 6.45) is -0.944. The van der Waals surface area contributed by atoms with Gasteiger partial charge in [0.25, 0.3) is 0 Å².